The summed E-state index contributed by atoms with van der Waals surface area (Å²) in [6, 6.07) is 17.6. The van der Waals surface area contributed by atoms with Gasteiger partial charge in [0.25, 0.3) is 0 Å². The van der Waals surface area contributed by atoms with Crippen LogP contribution in [0.4, 0.5) is 0 Å². The first-order valence-electron chi connectivity index (χ1n) is 9.47. The molecule has 0 bridgehead atoms. The van der Waals surface area contributed by atoms with Gasteiger partial charge in [0.15, 0.2) is 5.72 Å². The van der Waals surface area contributed by atoms with Crippen LogP contribution in [0, 0.1) is 6.92 Å². The van der Waals surface area contributed by atoms with Crippen molar-refractivity contribution in [2.45, 2.75) is 57.2 Å². The monoisotopic (exact) mass is 332 g/mol. The summed E-state index contributed by atoms with van der Waals surface area (Å²) < 4.78 is 6.60. The van der Waals surface area contributed by atoms with E-state index >= 15 is 0 Å². The lowest BCUT2D eigenvalue weighted by molar-refractivity contribution is -0.140. The Morgan fingerprint density at radius 3 is 2.56 bits per heavy atom. The van der Waals surface area contributed by atoms with Gasteiger partial charge in [0.2, 0.25) is 0 Å². The molecular weight excluding hydrogens is 308 g/mol. The lowest BCUT2D eigenvalue weighted by Gasteiger charge is -2.49. The van der Waals surface area contributed by atoms with Crippen LogP contribution in [0.5, 0.6) is 5.75 Å². The number of nitrogens with zero attached hydrogens (tertiary/aromatic N) is 2. The molecule has 0 aromatic heterocycles. The Morgan fingerprint density at radius 1 is 1.00 bits per heavy atom. The zero-order valence-corrected chi connectivity index (χ0v) is 14.7. The van der Waals surface area contributed by atoms with Gasteiger partial charge in [0.05, 0.1) is 11.8 Å². The first kappa shape index (κ1) is 15.0. The summed E-state index contributed by atoms with van der Waals surface area (Å²) in [5.74, 6) is 1.06. The molecule has 0 amide bonds. The van der Waals surface area contributed by atoms with Gasteiger partial charge in [-0.05, 0) is 31.4 Å². The largest absolute Gasteiger partial charge is 0.466 e. The van der Waals surface area contributed by atoms with E-state index in [1.165, 1.54) is 41.7 Å². The number of hydrogen-bond acceptors (Lipinski definition) is 3. The second-order valence-corrected chi connectivity index (χ2v) is 7.62. The van der Waals surface area contributed by atoms with Crippen molar-refractivity contribution in [1.82, 2.24) is 5.01 Å². The van der Waals surface area contributed by atoms with E-state index in [9.17, 15) is 0 Å². The Balaban J connectivity index is 1.59. The van der Waals surface area contributed by atoms with Crippen LogP contribution in [0.1, 0.15) is 61.3 Å². The van der Waals surface area contributed by atoms with E-state index in [-0.39, 0.29) is 5.72 Å². The molecule has 5 rings (SSSR count). The molecule has 3 heteroatoms. The minimum absolute atomic E-state index is 0.246. The normalized spacial score (nSPS) is 23.6. The Morgan fingerprint density at radius 2 is 1.76 bits per heavy atom. The summed E-state index contributed by atoms with van der Waals surface area (Å²) in [6.07, 6.45) is 6.86. The van der Waals surface area contributed by atoms with Gasteiger partial charge in [-0.3, -0.25) is 0 Å². The summed E-state index contributed by atoms with van der Waals surface area (Å²) in [5.41, 5.74) is 4.75. The smallest absolute Gasteiger partial charge is 0.198 e. The molecule has 2 aromatic rings. The number of aryl methyl sites for hydroxylation is 1. The van der Waals surface area contributed by atoms with Gasteiger partial charge in [-0.2, -0.15) is 5.10 Å². The number of hydrogen-bond donors (Lipinski definition) is 0. The third-order valence-corrected chi connectivity index (χ3v) is 5.93. The van der Waals surface area contributed by atoms with E-state index in [1.54, 1.807) is 0 Å². The topological polar surface area (TPSA) is 24.8 Å². The van der Waals surface area contributed by atoms with Crippen molar-refractivity contribution in [1.29, 1.82) is 0 Å². The molecule has 0 saturated heterocycles. The Labute approximate surface area is 149 Å². The van der Waals surface area contributed by atoms with Gasteiger partial charge in [0, 0.05) is 24.8 Å². The molecule has 128 valence electrons. The molecule has 2 aliphatic heterocycles. The van der Waals surface area contributed by atoms with E-state index in [1.807, 2.05) is 0 Å². The second-order valence-electron chi connectivity index (χ2n) is 7.62. The maximum atomic E-state index is 6.60. The summed E-state index contributed by atoms with van der Waals surface area (Å²) in [6.45, 7) is 2.13. The van der Waals surface area contributed by atoms with Crippen LogP contribution in [-0.4, -0.2) is 16.4 Å². The van der Waals surface area contributed by atoms with Crippen LogP contribution in [0.2, 0.25) is 0 Å². The van der Waals surface area contributed by atoms with Gasteiger partial charge >= 0.3 is 0 Å². The zero-order valence-electron chi connectivity index (χ0n) is 14.7. The van der Waals surface area contributed by atoms with E-state index in [4.69, 9.17) is 9.84 Å². The highest BCUT2D eigenvalue weighted by molar-refractivity contribution is 6.02. The fraction of sp³-hybridized carbons (Fsp3) is 0.409. The van der Waals surface area contributed by atoms with Crippen molar-refractivity contribution >= 4 is 5.71 Å². The van der Waals surface area contributed by atoms with Crippen molar-refractivity contribution < 1.29 is 4.74 Å². The average molecular weight is 332 g/mol. The van der Waals surface area contributed by atoms with E-state index in [0.717, 1.165) is 25.0 Å². The number of benzene rings is 2. The summed E-state index contributed by atoms with van der Waals surface area (Å²) >= 11 is 0. The third kappa shape index (κ3) is 2.37. The van der Waals surface area contributed by atoms with Crippen molar-refractivity contribution in [3.8, 4) is 5.75 Å². The van der Waals surface area contributed by atoms with Crippen LogP contribution in [0.15, 0.2) is 53.6 Å². The minimum atomic E-state index is -0.246. The Hall–Kier alpha value is -2.29. The molecule has 0 N–H and O–H groups in total. The molecule has 2 heterocycles. The molecule has 1 fully saturated rings. The fourth-order valence-corrected chi connectivity index (χ4v) is 4.58. The second kappa shape index (κ2) is 5.62. The summed E-state index contributed by atoms with van der Waals surface area (Å²) in [7, 11) is 0. The Kier molecular flexibility index (Phi) is 3.37. The lowest BCUT2D eigenvalue weighted by atomic mass is 9.86. The fourth-order valence-electron chi connectivity index (χ4n) is 4.58. The maximum Gasteiger partial charge on any atom is 0.198 e. The molecule has 25 heavy (non-hydrogen) atoms. The predicted octanol–water partition coefficient (Wildman–Crippen LogP) is 5.20. The molecule has 1 unspecified atom stereocenters. The van der Waals surface area contributed by atoms with Crippen LogP contribution in [-0.2, 0) is 0 Å². The standard InChI is InChI=1S/C22H24N2O/c1-16-9-11-17(12-10-16)19-15-20-18-7-3-4-8-21(18)25-22(24(20)23-19)13-5-2-6-14-22/h3-4,7-12,20H,2,5-6,13-15H2,1H3. The zero-order chi connectivity index (χ0) is 16.9. The molecule has 3 nitrogen and oxygen atoms in total. The molecule has 1 saturated carbocycles. The van der Waals surface area contributed by atoms with E-state index in [2.05, 4.69) is 60.5 Å². The van der Waals surface area contributed by atoms with Crippen LogP contribution >= 0.6 is 0 Å². The number of hydrazone groups is 1. The number of fused-ring (bicyclic) bond motifs is 4. The van der Waals surface area contributed by atoms with Gasteiger partial charge in [-0.25, -0.2) is 5.01 Å². The lowest BCUT2D eigenvalue weighted by Crippen LogP contribution is -2.54. The van der Waals surface area contributed by atoms with Gasteiger partial charge < -0.3 is 4.74 Å². The van der Waals surface area contributed by atoms with Crippen molar-refractivity contribution in [2.24, 2.45) is 5.10 Å². The molecule has 2 aromatic carbocycles. The van der Waals surface area contributed by atoms with E-state index in [0.29, 0.717) is 6.04 Å². The van der Waals surface area contributed by atoms with Crippen molar-refractivity contribution in [2.75, 3.05) is 0 Å². The van der Waals surface area contributed by atoms with Gasteiger partial charge in [0.1, 0.15) is 5.75 Å². The summed E-state index contributed by atoms with van der Waals surface area (Å²) in [5, 5.41) is 7.42. The van der Waals surface area contributed by atoms with Crippen LogP contribution in [0.3, 0.4) is 0 Å². The first-order valence-corrected chi connectivity index (χ1v) is 9.47. The number of para-hydroxylation sites is 1. The number of ether oxygens (including phenoxy) is 1. The molecule has 3 aliphatic rings. The average Bonchev–Trinajstić information content (AvgIpc) is 3.10. The maximum absolute atomic E-state index is 6.60. The minimum Gasteiger partial charge on any atom is -0.466 e. The van der Waals surface area contributed by atoms with Gasteiger partial charge in [-0.1, -0.05) is 54.4 Å². The quantitative estimate of drug-likeness (QED) is 0.717. The highest BCUT2D eigenvalue weighted by Gasteiger charge is 2.50. The molecule has 1 atom stereocenters. The van der Waals surface area contributed by atoms with E-state index < -0.39 is 0 Å². The first-order chi connectivity index (χ1) is 12.3. The molecule has 1 aliphatic carbocycles. The molecule has 1 spiro atoms. The third-order valence-electron chi connectivity index (χ3n) is 5.93. The van der Waals surface area contributed by atoms with Crippen LogP contribution < -0.4 is 4.74 Å². The SMILES string of the molecule is Cc1ccc(C2=NN3C(C2)c2ccccc2OC32CCCCC2)cc1. The molecular formula is C22H24N2O. The number of rotatable bonds is 1. The highest BCUT2D eigenvalue weighted by atomic mass is 16.5. The molecule has 0 radical (unpaired) electrons. The van der Waals surface area contributed by atoms with Gasteiger partial charge in [-0.15, -0.1) is 0 Å². The predicted molar refractivity (Wildman–Crippen MR) is 99.8 cm³/mol. The highest BCUT2D eigenvalue weighted by Crippen LogP contribution is 2.51. The Bertz CT molecular complexity index is 818. The van der Waals surface area contributed by atoms with Crippen molar-refractivity contribution in [3.63, 3.8) is 0 Å². The summed E-state index contributed by atoms with van der Waals surface area (Å²) in [4.78, 5) is 0. The van der Waals surface area contributed by atoms with Crippen molar-refractivity contribution in [3.05, 3.63) is 65.2 Å². The van der Waals surface area contributed by atoms with Crippen LogP contribution in [0.25, 0.3) is 0 Å².